The Kier molecular flexibility index (Phi) is 6.71. The van der Waals surface area contributed by atoms with Crippen LogP contribution < -0.4 is 15.4 Å². The van der Waals surface area contributed by atoms with Crippen LogP contribution in [0, 0.1) is 12.8 Å². The molecule has 2 aromatic carbocycles. The maximum Gasteiger partial charge on any atom is 0.334 e. The molecule has 6 heteroatoms. The first-order chi connectivity index (χ1) is 12.8. The Bertz CT molecular complexity index is 811. The van der Waals surface area contributed by atoms with Gasteiger partial charge in [0, 0.05) is 18.2 Å². The first-order valence-electron chi connectivity index (χ1n) is 8.73. The molecule has 0 fully saturated rings. The van der Waals surface area contributed by atoms with E-state index in [2.05, 4.69) is 10.6 Å². The lowest BCUT2D eigenvalue weighted by molar-refractivity contribution is -0.137. The van der Waals surface area contributed by atoms with Gasteiger partial charge in [-0.15, -0.1) is 0 Å². The summed E-state index contributed by atoms with van der Waals surface area (Å²) in [6, 6.07) is 12.8. The van der Waals surface area contributed by atoms with Crippen LogP contribution in [0.4, 0.5) is 5.69 Å². The highest BCUT2D eigenvalue weighted by Gasteiger charge is 2.26. The van der Waals surface area contributed by atoms with E-state index in [0.29, 0.717) is 17.0 Å². The SMILES string of the molecule is CC(=O)Nc1ccc(OC(=O)C(NC(=O)c2ccc(C)cc2)C(C)C)cc1. The molecule has 1 atom stereocenters. The molecule has 142 valence electrons. The minimum Gasteiger partial charge on any atom is -0.425 e. The van der Waals surface area contributed by atoms with Gasteiger partial charge in [-0.05, 0) is 49.2 Å². The summed E-state index contributed by atoms with van der Waals surface area (Å²) in [6.45, 7) is 7.02. The normalized spacial score (nSPS) is 11.6. The van der Waals surface area contributed by atoms with E-state index in [9.17, 15) is 14.4 Å². The molecule has 0 saturated heterocycles. The van der Waals surface area contributed by atoms with Crippen molar-refractivity contribution in [1.82, 2.24) is 5.32 Å². The molecule has 0 spiro atoms. The minimum absolute atomic E-state index is 0.148. The molecular formula is C21H24N2O4. The second-order valence-corrected chi connectivity index (χ2v) is 6.69. The van der Waals surface area contributed by atoms with Crippen molar-refractivity contribution in [3.8, 4) is 5.75 Å². The molecule has 1 unspecified atom stereocenters. The summed E-state index contributed by atoms with van der Waals surface area (Å²) in [6.07, 6.45) is 0. The molecule has 0 bridgehead atoms. The summed E-state index contributed by atoms with van der Waals surface area (Å²) >= 11 is 0. The molecule has 2 aromatic rings. The second-order valence-electron chi connectivity index (χ2n) is 6.69. The standard InChI is InChI=1S/C21H24N2O4/c1-13(2)19(23-20(25)16-7-5-14(3)6-8-16)21(26)27-18-11-9-17(10-12-18)22-15(4)24/h5-13,19H,1-4H3,(H,22,24)(H,23,25). The van der Waals surface area contributed by atoms with Crippen molar-refractivity contribution >= 4 is 23.5 Å². The van der Waals surface area contributed by atoms with Crippen LogP contribution in [0.3, 0.4) is 0 Å². The Hall–Kier alpha value is -3.15. The Morgan fingerprint density at radius 2 is 1.52 bits per heavy atom. The summed E-state index contributed by atoms with van der Waals surface area (Å²) < 4.78 is 5.39. The van der Waals surface area contributed by atoms with E-state index < -0.39 is 12.0 Å². The average molecular weight is 368 g/mol. The summed E-state index contributed by atoms with van der Waals surface area (Å²) in [5, 5.41) is 5.38. The highest BCUT2D eigenvalue weighted by atomic mass is 16.5. The maximum atomic E-state index is 12.5. The third kappa shape index (κ3) is 5.95. The second kappa shape index (κ2) is 8.98. The van der Waals surface area contributed by atoms with Crippen LogP contribution in [-0.4, -0.2) is 23.8 Å². The third-order valence-corrected chi connectivity index (χ3v) is 3.91. The predicted octanol–water partition coefficient (Wildman–Crippen LogP) is 3.31. The molecule has 6 nitrogen and oxygen atoms in total. The molecule has 2 amide bonds. The lowest BCUT2D eigenvalue weighted by Gasteiger charge is -2.21. The number of benzene rings is 2. The summed E-state index contributed by atoms with van der Waals surface area (Å²) in [7, 11) is 0. The summed E-state index contributed by atoms with van der Waals surface area (Å²) in [5.41, 5.74) is 2.14. The number of aryl methyl sites for hydroxylation is 1. The molecule has 2 N–H and O–H groups in total. The first-order valence-corrected chi connectivity index (χ1v) is 8.73. The summed E-state index contributed by atoms with van der Waals surface area (Å²) in [5.74, 6) is -0.863. The fourth-order valence-corrected chi connectivity index (χ4v) is 2.42. The monoisotopic (exact) mass is 368 g/mol. The van der Waals surface area contributed by atoms with E-state index in [-0.39, 0.29) is 17.7 Å². The third-order valence-electron chi connectivity index (χ3n) is 3.91. The van der Waals surface area contributed by atoms with Gasteiger partial charge in [-0.2, -0.15) is 0 Å². The Labute approximate surface area is 158 Å². The van der Waals surface area contributed by atoms with E-state index in [1.807, 2.05) is 32.9 Å². The van der Waals surface area contributed by atoms with Crippen molar-refractivity contribution in [3.63, 3.8) is 0 Å². The Balaban J connectivity index is 2.04. The number of ether oxygens (including phenoxy) is 1. The van der Waals surface area contributed by atoms with E-state index in [1.165, 1.54) is 6.92 Å². The largest absolute Gasteiger partial charge is 0.425 e. The van der Waals surface area contributed by atoms with Crippen LogP contribution in [0.2, 0.25) is 0 Å². The quantitative estimate of drug-likeness (QED) is 0.605. The molecule has 0 aliphatic heterocycles. The molecule has 0 aromatic heterocycles. The van der Waals surface area contributed by atoms with Crippen molar-refractivity contribution in [3.05, 3.63) is 59.7 Å². The zero-order valence-electron chi connectivity index (χ0n) is 15.9. The van der Waals surface area contributed by atoms with E-state index in [1.54, 1.807) is 36.4 Å². The van der Waals surface area contributed by atoms with Gasteiger partial charge in [0.1, 0.15) is 11.8 Å². The van der Waals surface area contributed by atoms with Gasteiger partial charge in [0.05, 0.1) is 0 Å². The number of amides is 2. The number of carbonyl (C=O) groups excluding carboxylic acids is 3. The first kappa shape index (κ1) is 20.2. The maximum absolute atomic E-state index is 12.5. The number of nitrogens with one attached hydrogen (secondary N) is 2. The van der Waals surface area contributed by atoms with Gasteiger partial charge in [0.2, 0.25) is 5.91 Å². The van der Waals surface area contributed by atoms with Crippen molar-refractivity contribution < 1.29 is 19.1 Å². The van der Waals surface area contributed by atoms with Crippen LogP contribution >= 0.6 is 0 Å². The van der Waals surface area contributed by atoms with Crippen LogP contribution in [0.5, 0.6) is 5.75 Å². The number of hydrogen-bond donors (Lipinski definition) is 2. The van der Waals surface area contributed by atoms with Crippen LogP contribution in [0.15, 0.2) is 48.5 Å². The highest BCUT2D eigenvalue weighted by molar-refractivity contribution is 5.97. The van der Waals surface area contributed by atoms with E-state index in [0.717, 1.165) is 5.56 Å². The van der Waals surface area contributed by atoms with Gasteiger partial charge in [0.15, 0.2) is 0 Å². The molecule has 0 aliphatic carbocycles. The van der Waals surface area contributed by atoms with Crippen molar-refractivity contribution in [2.24, 2.45) is 5.92 Å². The zero-order chi connectivity index (χ0) is 20.0. The average Bonchev–Trinajstić information content (AvgIpc) is 2.61. The Morgan fingerprint density at radius 1 is 0.926 bits per heavy atom. The fourth-order valence-electron chi connectivity index (χ4n) is 2.42. The van der Waals surface area contributed by atoms with Gasteiger partial charge < -0.3 is 15.4 Å². The number of esters is 1. The van der Waals surface area contributed by atoms with Gasteiger partial charge in [0.25, 0.3) is 5.91 Å². The fraction of sp³-hybridized carbons (Fsp3) is 0.286. The molecule has 27 heavy (non-hydrogen) atoms. The zero-order valence-corrected chi connectivity index (χ0v) is 15.9. The molecule has 0 saturated carbocycles. The minimum atomic E-state index is -0.783. The number of rotatable bonds is 6. The predicted molar refractivity (Wildman–Crippen MR) is 104 cm³/mol. The van der Waals surface area contributed by atoms with E-state index >= 15 is 0 Å². The molecule has 0 heterocycles. The summed E-state index contributed by atoms with van der Waals surface area (Å²) in [4.78, 5) is 36.0. The smallest absolute Gasteiger partial charge is 0.334 e. The van der Waals surface area contributed by atoms with Gasteiger partial charge in [-0.1, -0.05) is 31.5 Å². The van der Waals surface area contributed by atoms with E-state index in [4.69, 9.17) is 4.74 Å². The topological polar surface area (TPSA) is 84.5 Å². The van der Waals surface area contributed by atoms with Crippen molar-refractivity contribution in [2.45, 2.75) is 33.7 Å². The van der Waals surface area contributed by atoms with Gasteiger partial charge >= 0.3 is 5.97 Å². The number of carbonyl (C=O) groups is 3. The number of anilines is 1. The number of hydrogen-bond acceptors (Lipinski definition) is 4. The lowest BCUT2D eigenvalue weighted by atomic mass is 10.0. The lowest BCUT2D eigenvalue weighted by Crippen LogP contribution is -2.46. The highest BCUT2D eigenvalue weighted by Crippen LogP contribution is 2.17. The molecular weight excluding hydrogens is 344 g/mol. The van der Waals surface area contributed by atoms with Crippen molar-refractivity contribution in [1.29, 1.82) is 0 Å². The molecule has 0 radical (unpaired) electrons. The molecule has 2 rings (SSSR count). The van der Waals surface area contributed by atoms with Crippen LogP contribution in [0.25, 0.3) is 0 Å². The van der Waals surface area contributed by atoms with Crippen LogP contribution in [-0.2, 0) is 9.59 Å². The van der Waals surface area contributed by atoms with Gasteiger partial charge in [-0.25, -0.2) is 4.79 Å². The van der Waals surface area contributed by atoms with Gasteiger partial charge in [-0.3, -0.25) is 9.59 Å². The Morgan fingerprint density at radius 3 is 2.04 bits per heavy atom. The van der Waals surface area contributed by atoms with Crippen LogP contribution in [0.1, 0.15) is 36.7 Å². The molecule has 0 aliphatic rings. The van der Waals surface area contributed by atoms with Crippen molar-refractivity contribution in [2.75, 3.05) is 5.32 Å².